The third kappa shape index (κ3) is 5.60. The molecule has 1 nitrogen and oxygen atoms in total. The zero-order chi connectivity index (χ0) is 11.5. The van der Waals surface area contributed by atoms with Crippen LogP contribution in [0, 0.1) is 5.41 Å². The lowest BCUT2D eigenvalue weighted by Crippen LogP contribution is -2.10. The minimum Gasteiger partial charge on any atom is -0.300 e. The molecule has 0 aromatic heterocycles. The van der Waals surface area contributed by atoms with Gasteiger partial charge in [-0.05, 0) is 48.2 Å². The fourth-order valence-electron chi connectivity index (χ4n) is 1.78. The SMILES string of the molecule is CC(=O)CCCS1(CCC(C)(C)C)CC1. The van der Waals surface area contributed by atoms with Gasteiger partial charge in [-0.15, -0.1) is 0 Å². The lowest BCUT2D eigenvalue weighted by Gasteiger charge is -2.26. The van der Waals surface area contributed by atoms with E-state index in [1.807, 2.05) is 0 Å². The molecule has 1 saturated heterocycles. The second-order valence-corrected chi connectivity index (χ2v) is 10.2. The van der Waals surface area contributed by atoms with Gasteiger partial charge in [0.05, 0.1) is 0 Å². The maximum atomic E-state index is 10.9. The third-order valence-corrected chi connectivity index (χ3v) is 6.96. The van der Waals surface area contributed by atoms with Gasteiger partial charge in [-0.3, -0.25) is 0 Å². The number of hydrogen-bond acceptors (Lipinski definition) is 1. The summed E-state index contributed by atoms with van der Waals surface area (Å²) in [6.45, 7) is 8.71. The number of hydrogen-bond donors (Lipinski definition) is 0. The zero-order valence-corrected chi connectivity index (χ0v) is 11.6. The molecule has 0 N–H and O–H groups in total. The minimum atomic E-state index is -0.213. The van der Waals surface area contributed by atoms with E-state index in [9.17, 15) is 4.79 Å². The van der Waals surface area contributed by atoms with Crippen molar-refractivity contribution in [2.24, 2.45) is 5.41 Å². The van der Waals surface area contributed by atoms with Crippen molar-refractivity contribution in [3.63, 3.8) is 0 Å². The third-order valence-electron chi connectivity index (χ3n) is 3.17. The van der Waals surface area contributed by atoms with Gasteiger partial charge < -0.3 is 4.79 Å². The first-order valence-corrected chi connectivity index (χ1v) is 8.38. The number of Topliss-reactive ketones (excluding diaryl/α,β-unsaturated/α-hetero) is 1. The van der Waals surface area contributed by atoms with Crippen LogP contribution in [0.4, 0.5) is 0 Å². The Morgan fingerprint density at radius 3 is 2.20 bits per heavy atom. The van der Waals surface area contributed by atoms with Crippen molar-refractivity contribution in [3.05, 3.63) is 0 Å². The van der Waals surface area contributed by atoms with Crippen LogP contribution in [0.3, 0.4) is 0 Å². The van der Waals surface area contributed by atoms with Gasteiger partial charge in [0, 0.05) is 6.42 Å². The highest BCUT2D eigenvalue weighted by atomic mass is 32.3. The Kier molecular flexibility index (Phi) is 4.28. The van der Waals surface area contributed by atoms with E-state index in [0.29, 0.717) is 11.2 Å². The quantitative estimate of drug-likeness (QED) is 0.637. The van der Waals surface area contributed by atoms with E-state index >= 15 is 0 Å². The maximum absolute atomic E-state index is 10.9. The molecule has 0 bridgehead atoms. The molecule has 0 radical (unpaired) electrons. The van der Waals surface area contributed by atoms with E-state index in [2.05, 4.69) is 20.8 Å². The van der Waals surface area contributed by atoms with Crippen LogP contribution in [0.2, 0.25) is 0 Å². The summed E-state index contributed by atoms with van der Waals surface area (Å²) < 4.78 is 0. The molecule has 0 unspecified atom stereocenters. The van der Waals surface area contributed by atoms with Crippen LogP contribution in [-0.2, 0) is 4.79 Å². The molecule has 0 atom stereocenters. The molecule has 90 valence electrons. The molecule has 0 aromatic carbocycles. The summed E-state index contributed by atoms with van der Waals surface area (Å²) >= 11 is 0. The second kappa shape index (κ2) is 4.90. The molecule has 0 amide bonds. The summed E-state index contributed by atoms with van der Waals surface area (Å²) in [5.41, 5.74) is 0.489. The van der Waals surface area contributed by atoms with Crippen LogP contribution < -0.4 is 0 Å². The van der Waals surface area contributed by atoms with E-state index in [0.717, 1.165) is 12.8 Å². The predicted octanol–water partition coefficient (Wildman–Crippen LogP) is 3.61. The number of rotatable bonds is 6. The highest BCUT2D eigenvalue weighted by molar-refractivity contribution is 8.39. The smallest absolute Gasteiger partial charge is 0.129 e. The van der Waals surface area contributed by atoms with Crippen LogP contribution >= 0.6 is 10.0 Å². The van der Waals surface area contributed by atoms with Crippen molar-refractivity contribution in [1.29, 1.82) is 0 Å². The summed E-state index contributed by atoms with van der Waals surface area (Å²) in [5.74, 6) is 6.15. The van der Waals surface area contributed by atoms with Gasteiger partial charge in [-0.2, -0.15) is 0 Å². The minimum absolute atomic E-state index is 0.213. The van der Waals surface area contributed by atoms with Gasteiger partial charge in [0.15, 0.2) is 0 Å². The molecule has 1 aliphatic rings. The molecule has 1 rings (SSSR count). The Hall–Kier alpha value is 0.0200. The van der Waals surface area contributed by atoms with Gasteiger partial charge >= 0.3 is 0 Å². The van der Waals surface area contributed by atoms with E-state index in [1.54, 1.807) is 6.92 Å². The van der Waals surface area contributed by atoms with Crippen molar-refractivity contribution in [2.45, 2.75) is 47.0 Å². The molecule has 0 saturated carbocycles. The summed E-state index contributed by atoms with van der Waals surface area (Å²) in [7, 11) is -0.213. The second-order valence-electron chi connectivity index (χ2n) is 6.16. The highest BCUT2D eigenvalue weighted by Gasteiger charge is 2.36. The lowest BCUT2D eigenvalue weighted by molar-refractivity contribution is -0.117. The normalized spacial score (nSPS) is 21.1. The molecular weight excluding hydrogens is 204 g/mol. The Balaban J connectivity index is 2.19. The van der Waals surface area contributed by atoms with Crippen molar-refractivity contribution < 1.29 is 4.79 Å². The highest BCUT2D eigenvalue weighted by Crippen LogP contribution is 2.62. The molecule has 1 aliphatic heterocycles. The molecular formula is C13H26OS. The van der Waals surface area contributed by atoms with Crippen molar-refractivity contribution >= 4 is 15.8 Å². The fourth-order valence-corrected chi connectivity index (χ4v) is 5.54. The molecule has 1 heterocycles. The van der Waals surface area contributed by atoms with E-state index < -0.39 is 0 Å². The number of carbonyl (C=O) groups excluding carboxylic acids is 1. The van der Waals surface area contributed by atoms with E-state index in [-0.39, 0.29) is 10.0 Å². The van der Waals surface area contributed by atoms with Crippen molar-refractivity contribution in [3.8, 4) is 0 Å². The van der Waals surface area contributed by atoms with Gasteiger partial charge in [-0.1, -0.05) is 20.8 Å². The van der Waals surface area contributed by atoms with Crippen LogP contribution in [-0.4, -0.2) is 28.8 Å². The summed E-state index contributed by atoms with van der Waals surface area (Å²) in [5, 5.41) is 0. The first-order valence-electron chi connectivity index (χ1n) is 6.07. The fraction of sp³-hybridized carbons (Fsp3) is 0.923. The first-order chi connectivity index (χ1) is 6.83. The monoisotopic (exact) mass is 230 g/mol. The van der Waals surface area contributed by atoms with Gasteiger partial charge in [0.1, 0.15) is 5.78 Å². The molecule has 1 fully saturated rings. The Bertz CT molecular complexity index is 223. The van der Waals surface area contributed by atoms with Crippen LogP contribution in [0.25, 0.3) is 0 Å². The predicted molar refractivity (Wildman–Crippen MR) is 71.0 cm³/mol. The lowest BCUT2D eigenvalue weighted by atomic mass is 9.94. The number of carbonyl (C=O) groups is 1. The zero-order valence-electron chi connectivity index (χ0n) is 10.8. The average molecular weight is 230 g/mol. The van der Waals surface area contributed by atoms with E-state index in [4.69, 9.17) is 0 Å². The summed E-state index contributed by atoms with van der Waals surface area (Å²) in [6, 6.07) is 0. The molecule has 0 spiro atoms. The van der Waals surface area contributed by atoms with Crippen LogP contribution in [0.1, 0.15) is 47.0 Å². The van der Waals surface area contributed by atoms with Gasteiger partial charge in [0.2, 0.25) is 0 Å². The van der Waals surface area contributed by atoms with Gasteiger partial charge in [0.25, 0.3) is 0 Å². The Morgan fingerprint density at radius 1 is 1.20 bits per heavy atom. The van der Waals surface area contributed by atoms with Crippen LogP contribution in [0.15, 0.2) is 0 Å². The number of ketones is 1. The largest absolute Gasteiger partial charge is 0.300 e. The Morgan fingerprint density at radius 2 is 1.80 bits per heavy atom. The summed E-state index contributed by atoms with van der Waals surface area (Å²) in [6.07, 6.45) is 3.32. The van der Waals surface area contributed by atoms with Crippen molar-refractivity contribution in [2.75, 3.05) is 23.0 Å². The molecule has 0 aliphatic carbocycles. The Labute approximate surface area is 96.3 Å². The van der Waals surface area contributed by atoms with E-state index in [1.165, 1.54) is 29.4 Å². The summed E-state index contributed by atoms with van der Waals surface area (Å²) in [4.78, 5) is 10.9. The first kappa shape index (κ1) is 13.1. The topological polar surface area (TPSA) is 17.1 Å². The van der Waals surface area contributed by atoms with Gasteiger partial charge in [-0.25, -0.2) is 10.0 Å². The average Bonchev–Trinajstić information content (AvgIpc) is 2.80. The van der Waals surface area contributed by atoms with Crippen molar-refractivity contribution in [1.82, 2.24) is 0 Å². The van der Waals surface area contributed by atoms with Crippen LogP contribution in [0.5, 0.6) is 0 Å². The maximum Gasteiger partial charge on any atom is 0.129 e. The molecule has 15 heavy (non-hydrogen) atoms. The molecule has 2 heteroatoms. The molecule has 0 aromatic rings. The standard InChI is InChI=1S/C13H26OS/c1-12(14)6-5-8-15(10-11-15)9-7-13(2,3)4/h5-11H2,1-4H3.